The summed E-state index contributed by atoms with van der Waals surface area (Å²) in [6.07, 6.45) is -11.3. The third-order valence-electron chi connectivity index (χ3n) is 1.39. The average molecular weight is 224 g/mol. The van der Waals surface area contributed by atoms with Crippen molar-refractivity contribution < 1.29 is 30.7 Å². The molecule has 84 valence electrons. The van der Waals surface area contributed by atoms with Crippen LogP contribution in [0.5, 0.6) is 0 Å². The molecule has 0 amide bonds. The number of hydrogen-bond donors (Lipinski definition) is 0. The van der Waals surface area contributed by atoms with Gasteiger partial charge in [-0.1, -0.05) is 0 Å². The Balaban J connectivity index is 5.27. The van der Waals surface area contributed by atoms with E-state index in [0.29, 0.717) is 0 Å². The lowest BCUT2D eigenvalue weighted by atomic mass is 10.0. The first kappa shape index (κ1) is 13.2. The van der Waals surface area contributed by atoms with Crippen molar-refractivity contribution in [3.8, 4) is 0 Å². The molecule has 0 aromatic rings. The van der Waals surface area contributed by atoms with Gasteiger partial charge in [0.2, 0.25) is 5.92 Å². The van der Waals surface area contributed by atoms with Crippen LogP contribution in [0.1, 0.15) is 13.8 Å². The minimum Gasteiger partial charge on any atom is -0.211 e. The maximum Gasteiger partial charge on any atom is 0.406 e. The molecule has 0 atom stereocenters. The highest BCUT2D eigenvalue weighted by atomic mass is 19.4. The highest BCUT2D eigenvalue weighted by Gasteiger charge is 2.59. The van der Waals surface area contributed by atoms with Crippen LogP contribution in [0, 0.1) is 5.92 Å². The van der Waals surface area contributed by atoms with E-state index in [4.69, 9.17) is 0 Å². The fraction of sp³-hybridized carbons (Fsp3) is 0.714. The molecule has 14 heavy (non-hydrogen) atoms. The number of hydrogen-bond acceptors (Lipinski definition) is 0. The van der Waals surface area contributed by atoms with Crippen molar-refractivity contribution in [2.75, 3.05) is 0 Å². The van der Waals surface area contributed by atoms with E-state index in [9.17, 15) is 30.7 Å². The van der Waals surface area contributed by atoms with Gasteiger partial charge in [0, 0.05) is 0 Å². The molecule has 0 nitrogen and oxygen atoms in total. The van der Waals surface area contributed by atoms with Crippen molar-refractivity contribution >= 4 is 0 Å². The highest BCUT2D eigenvalue weighted by molar-refractivity contribution is 5.10. The zero-order valence-corrected chi connectivity index (χ0v) is 7.22. The molecule has 7 heteroatoms. The van der Waals surface area contributed by atoms with Crippen LogP contribution in [-0.4, -0.2) is 12.4 Å². The molecule has 0 aliphatic heterocycles. The molecule has 0 aliphatic carbocycles. The molecule has 0 unspecified atom stereocenters. The smallest absolute Gasteiger partial charge is 0.211 e. The van der Waals surface area contributed by atoms with E-state index < -0.39 is 29.7 Å². The monoisotopic (exact) mass is 224 g/mol. The Morgan fingerprint density at radius 2 is 1.14 bits per heavy atom. The van der Waals surface area contributed by atoms with Crippen LogP contribution in [0.2, 0.25) is 0 Å². The van der Waals surface area contributed by atoms with Gasteiger partial charge in [0.1, 0.15) is 5.83 Å². The third kappa shape index (κ3) is 3.19. The van der Waals surface area contributed by atoms with Gasteiger partial charge in [0.15, 0.2) is 0 Å². The standard InChI is InChI=1S/C7H7F7/c1-3(2)4(8)5(6(9,10)11)7(12,13)14/h5H,1-2H3. The molecule has 0 aromatic carbocycles. The Bertz CT molecular complexity index is 213. The lowest BCUT2D eigenvalue weighted by molar-refractivity contribution is -0.275. The van der Waals surface area contributed by atoms with Gasteiger partial charge in [-0.15, -0.1) is 0 Å². The molecular weight excluding hydrogens is 217 g/mol. The lowest BCUT2D eigenvalue weighted by Gasteiger charge is -2.22. The fourth-order valence-corrected chi connectivity index (χ4v) is 0.762. The van der Waals surface area contributed by atoms with Crippen molar-refractivity contribution in [1.29, 1.82) is 0 Å². The molecule has 0 rings (SSSR count). The summed E-state index contributed by atoms with van der Waals surface area (Å²) in [4.78, 5) is 0. The second-order valence-electron chi connectivity index (χ2n) is 2.86. The molecule has 0 aliphatic rings. The summed E-state index contributed by atoms with van der Waals surface area (Å²) < 4.78 is 83.6. The topological polar surface area (TPSA) is 0 Å². The number of allylic oxidation sites excluding steroid dienone is 2. The fourth-order valence-electron chi connectivity index (χ4n) is 0.762. The number of rotatable bonds is 1. The Labute approximate surface area is 75.4 Å². The molecule has 0 N–H and O–H groups in total. The van der Waals surface area contributed by atoms with Gasteiger partial charge in [0.05, 0.1) is 0 Å². The van der Waals surface area contributed by atoms with Crippen molar-refractivity contribution in [3.05, 3.63) is 11.4 Å². The van der Waals surface area contributed by atoms with E-state index in [0.717, 1.165) is 13.8 Å². The van der Waals surface area contributed by atoms with Crippen LogP contribution < -0.4 is 0 Å². The molecule has 0 radical (unpaired) electrons. The molecule has 0 fully saturated rings. The first-order valence-corrected chi connectivity index (χ1v) is 3.44. The zero-order valence-electron chi connectivity index (χ0n) is 7.22. The second kappa shape index (κ2) is 3.78. The first-order valence-electron chi connectivity index (χ1n) is 3.44. The van der Waals surface area contributed by atoms with Crippen molar-refractivity contribution in [3.63, 3.8) is 0 Å². The summed E-state index contributed by atoms with van der Waals surface area (Å²) in [5.41, 5.74) is -0.635. The van der Waals surface area contributed by atoms with E-state index in [1.165, 1.54) is 0 Å². The number of halogens is 7. The Kier molecular flexibility index (Phi) is 3.58. The van der Waals surface area contributed by atoms with Gasteiger partial charge in [0.25, 0.3) is 0 Å². The summed E-state index contributed by atoms with van der Waals surface area (Å²) in [5.74, 6) is -6.20. The molecule has 0 heterocycles. The van der Waals surface area contributed by atoms with Crippen LogP contribution >= 0.6 is 0 Å². The second-order valence-corrected chi connectivity index (χ2v) is 2.86. The van der Waals surface area contributed by atoms with E-state index >= 15 is 0 Å². The summed E-state index contributed by atoms with van der Waals surface area (Å²) in [6, 6.07) is 0. The summed E-state index contributed by atoms with van der Waals surface area (Å²) >= 11 is 0. The van der Waals surface area contributed by atoms with Gasteiger partial charge in [-0.05, 0) is 19.4 Å². The van der Waals surface area contributed by atoms with Crippen LogP contribution in [0.15, 0.2) is 11.4 Å². The highest BCUT2D eigenvalue weighted by Crippen LogP contribution is 2.44. The summed E-state index contributed by atoms with van der Waals surface area (Å²) in [7, 11) is 0. The van der Waals surface area contributed by atoms with Crippen LogP contribution in [0.3, 0.4) is 0 Å². The minimum atomic E-state index is -5.65. The van der Waals surface area contributed by atoms with Gasteiger partial charge < -0.3 is 0 Å². The van der Waals surface area contributed by atoms with E-state index in [2.05, 4.69) is 0 Å². The van der Waals surface area contributed by atoms with Crippen molar-refractivity contribution in [2.24, 2.45) is 5.92 Å². The SMILES string of the molecule is CC(C)=C(F)C(C(F)(F)F)C(F)(F)F. The first-order chi connectivity index (χ1) is 5.98. The zero-order chi connectivity index (χ0) is 11.7. The predicted octanol–water partition coefficient (Wildman–Crippen LogP) is 3.99. The van der Waals surface area contributed by atoms with Gasteiger partial charge in [-0.2, -0.15) is 26.3 Å². The van der Waals surface area contributed by atoms with Crippen molar-refractivity contribution in [2.45, 2.75) is 26.2 Å². The van der Waals surface area contributed by atoms with E-state index in [1.807, 2.05) is 0 Å². The summed E-state index contributed by atoms with van der Waals surface area (Å²) in [6.45, 7) is 1.69. The molecule has 0 saturated carbocycles. The Morgan fingerprint density at radius 1 is 0.857 bits per heavy atom. The largest absolute Gasteiger partial charge is 0.406 e. The summed E-state index contributed by atoms with van der Waals surface area (Å²) in [5, 5.41) is 0. The molecule has 0 aromatic heterocycles. The normalized spacial score (nSPS) is 13.3. The Morgan fingerprint density at radius 3 is 1.21 bits per heavy atom. The minimum absolute atomic E-state index is 0.635. The van der Waals surface area contributed by atoms with Crippen molar-refractivity contribution in [1.82, 2.24) is 0 Å². The predicted molar refractivity (Wildman–Crippen MR) is 35.1 cm³/mol. The molecule has 0 bridgehead atoms. The van der Waals surface area contributed by atoms with Crippen LogP contribution in [0.4, 0.5) is 30.7 Å². The maximum atomic E-state index is 12.6. The van der Waals surface area contributed by atoms with E-state index in [1.54, 1.807) is 0 Å². The van der Waals surface area contributed by atoms with Gasteiger partial charge in [-0.25, -0.2) is 4.39 Å². The van der Waals surface area contributed by atoms with Crippen LogP contribution in [0.25, 0.3) is 0 Å². The lowest BCUT2D eigenvalue weighted by Crippen LogP contribution is -2.37. The molecular formula is C7H7F7. The third-order valence-corrected chi connectivity index (χ3v) is 1.39. The number of alkyl halides is 6. The average Bonchev–Trinajstić information content (AvgIpc) is 1.79. The quantitative estimate of drug-likeness (QED) is 0.590. The molecule has 0 spiro atoms. The van der Waals surface area contributed by atoms with Crippen LogP contribution in [-0.2, 0) is 0 Å². The van der Waals surface area contributed by atoms with Gasteiger partial charge in [-0.3, -0.25) is 0 Å². The molecule has 0 saturated heterocycles. The van der Waals surface area contributed by atoms with E-state index in [-0.39, 0.29) is 0 Å². The Hall–Kier alpha value is -0.750. The maximum absolute atomic E-state index is 12.6. The van der Waals surface area contributed by atoms with Gasteiger partial charge >= 0.3 is 12.4 Å².